The van der Waals surface area contributed by atoms with Gasteiger partial charge >= 0.3 is 5.97 Å². The second-order valence-electron chi connectivity index (χ2n) is 7.32. The molecule has 0 heterocycles. The first-order chi connectivity index (χ1) is 12.1. The van der Waals surface area contributed by atoms with Crippen molar-refractivity contribution in [2.75, 3.05) is 13.3 Å². The van der Waals surface area contributed by atoms with Crippen LogP contribution in [-0.4, -0.2) is 30.2 Å². The fourth-order valence-electron chi connectivity index (χ4n) is 1.95. The molecule has 0 amide bonds. The summed E-state index contributed by atoms with van der Waals surface area (Å²) < 4.78 is 4.94. The van der Waals surface area contributed by atoms with Crippen LogP contribution in [0.3, 0.4) is 0 Å². The monoisotopic (exact) mass is 382 g/mol. The highest BCUT2D eigenvalue weighted by atomic mass is 31.1. The van der Waals surface area contributed by atoms with Crippen molar-refractivity contribution >= 4 is 20.3 Å². The number of hydrogen-bond acceptors (Lipinski definition) is 3. The van der Waals surface area contributed by atoms with Crippen molar-refractivity contribution in [3.8, 4) is 0 Å². The molecule has 0 saturated carbocycles. The molecule has 0 aliphatic heterocycles. The summed E-state index contributed by atoms with van der Waals surface area (Å²) in [6.07, 6.45) is 4.83. The van der Waals surface area contributed by atoms with Crippen LogP contribution in [0.4, 0.5) is 0 Å². The van der Waals surface area contributed by atoms with Gasteiger partial charge in [0.25, 0.3) is 0 Å². The number of Topliss-reactive ketones (excluding diaryl/α,β-unsaturated/α-hetero) is 1. The van der Waals surface area contributed by atoms with Crippen molar-refractivity contribution in [3.05, 3.63) is 36.4 Å². The van der Waals surface area contributed by atoms with Crippen molar-refractivity contribution in [3.63, 3.8) is 0 Å². The van der Waals surface area contributed by atoms with E-state index in [-0.39, 0.29) is 11.8 Å². The van der Waals surface area contributed by atoms with E-state index in [0.717, 1.165) is 15.0 Å². The fourth-order valence-corrected chi connectivity index (χ4v) is 2.38. The molecule has 0 N–H and O–H groups in total. The first kappa shape index (κ1) is 27.0. The number of ether oxygens (including phenoxy) is 1. The summed E-state index contributed by atoms with van der Waals surface area (Å²) in [6, 6.07) is 12.0. The smallest absolute Gasteiger partial charge is 0.302 e. The Balaban J connectivity index is 0. The summed E-state index contributed by atoms with van der Waals surface area (Å²) in [5.41, 5.74) is 0. The molecule has 4 heteroatoms. The lowest BCUT2D eigenvalue weighted by atomic mass is 9.97. The standard InChI is InChI=1S/C13H27O2P.C6H6.C3H6O/c1-11(8-10-15-12(2)14)7-6-9-13(3,4)16-5;1-2-4-6-5-3-1;1-3(2)4/h11,16H,6-10H2,1-5H3;1-6H;1-2H3. The zero-order chi connectivity index (χ0) is 20.4. The Bertz CT molecular complexity index is 427. The van der Waals surface area contributed by atoms with Gasteiger partial charge in [-0.15, -0.1) is 8.58 Å². The maximum absolute atomic E-state index is 10.6. The molecule has 3 nitrogen and oxygen atoms in total. The largest absolute Gasteiger partial charge is 0.466 e. The van der Waals surface area contributed by atoms with E-state index in [9.17, 15) is 9.59 Å². The summed E-state index contributed by atoms with van der Waals surface area (Å²) in [7, 11) is 1.02. The summed E-state index contributed by atoms with van der Waals surface area (Å²) in [4.78, 5) is 20.0. The van der Waals surface area contributed by atoms with Gasteiger partial charge in [-0.05, 0) is 44.4 Å². The van der Waals surface area contributed by atoms with Crippen LogP contribution in [-0.2, 0) is 14.3 Å². The van der Waals surface area contributed by atoms with Gasteiger partial charge in [-0.1, -0.05) is 70.0 Å². The lowest BCUT2D eigenvalue weighted by Gasteiger charge is -2.23. The lowest BCUT2D eigenvalue weighted by Crippen LogP contribution is -2.12. The van der Waals surface area contributed by atoms with Crippen LogP contribution in [0.2, 0.25) is 0 Å². The lowest BCUT2D eigenvalue weighted by molar-refractivity contribution is -0.141. The van der Waals surface area contributed by atoms with Crippen LogP contribution in [0, 0.1) is 5.92 Å². The molecule has 0 aliphatic carbocycles. The fraction of sp³-hybridized carbons (Fsp3) is 0.636. The highest BCUT2D eigenvalue weighted by molar-refractivity contribution is 7.38. The molecule has 0 bridgehead atoms. The maximum Gasteiger partial charge on any atom is 0.302 e. The van der Waals surface area contributed by atoms with Gasteiger partial charge in [-0.3, -0.25) is 4.79 Å². The van der Waals surface area contributed by atoms with Gasteiger partial charge in [0.1, 0.15) is 5.78 Å². The first-order valence-corrected chi connectivity index (χ1v) is 10.9. The molecular formula is C22H39O3P. The molecule has 150 valence electrons. The third-order valence-electron chi connectivity index (χ3n) is 3.76. The molecular weight excluding hydrogens is 343 g/mol. The number of hydrogen-bond donors (Lipinski definition) is 0. The average molecular weight is 383 g/mol. The highest BCUT2D eigenvalue weighted by Gasteiger charge is 2.14. The molecule has 0 aliphatic rings. The first-order valence-electron chi connectivity index (χ1n) is 9.40. The Labute approximate surface area is 163 Å². The highest BCUT2D eigenvalue weighted by Crippen LogP contribution is 2.33. The number of carbonyl (C=O) groups is 2. The molecule has 1 aromatic rings. The molecule has 2 atom stereocenters. The minimum absolute atomic E-state index is 0.166. The topological polar surface area (TPSA) is 43.4 Å². The molecule has 0 fully saturated rings. The van der Waals surface area contributed by atoms with Crippen molar-refractivity contribution in [2.24, 2.45) is 5.92 Å². The summed E-state index contributed by atoms with van der Waals surface area (Å²) in [6.45, 7) is 14.3. The van der Waals surface area contributed by atoms with Gasteiger partial charge in [0.05, 0.1) is 6.61 Å². The minimum Gasteiger partial charge on any atom is -0.466 e. The third-order valence-corrected chi connectivity index (χ3v) is 5.36. The molecule has 0 aromatic heterocycles. The molecule has 2 unspecified atom stereocenters. The molecule has 1 aromatic carbocycles. The van der Waals surface area contributed by atoms with E-state index in [1.54, 1.807) is 0 Å². The Kier molecular flexibility index (Phi) is 17.9. The van der Waals surface area contributed by atoms with Crippen molar-refractivity contribution in [1.82, 2.24) is 0 Å². The van der Waals surface area contributed by atoms with E-state index in [1.165, 1.54) is 40.0 Å². The Morgan fingerprint density at radius 1 is 0.962 bits per heavy atom. The van der Waals surface area contributed by atoms with E-state index in [0.29, 0.717) is 17.7 Å². The van der Waals surface area contributed by atoms with Gasteiger partial charge in [-0.2, -0.15) is 0 Å². The van der Waals surface area contributed by atoms with E-state index in [2.05, 4.69) is 27.4 Å². The predicted molar refractivity (Wildman–Crippen MR) is 115 cm³/mol. The van der Waals surface area contributed by atoms with Gasteiger partial charge in [0.15, 0.2) is 0 Å². The van der Waals surface area contributed by atoms with Gasteiger partial charge < -0.3 is 9.53 Å². The van der Waals surface area contributed by atoms with Crippen LogP contribution in [0.15, 0.2) is 36.4 Å². The van der Waals surface area contributed by atoms with Gasteiger partial charge in [-0.25, -0.2) is 0 Å². The molecule has 0 spiro atoms. The van der Waals surface area contributed by atoms with E-state index in [4.69, 9.17) is 4.74 Å². The number of esters is 1. The molecule has 0 saturated heterocycles. The van der Waals surface area contributed by atoms with Crippen LogP contribution in [0.25, 0.3) is 0 Å². The van der Waals surface area contributed by atoms with Crippen LogP contribution < -0.4 is 0 Å². The number of rotatable bonds is 8. The van der Waals surface area contributed by atoms with Crippen molar-refractivity contribution < 1.29 is 14.3 Å². The predicted octanol–water partition coefficient (Wildman–Crippen LogP) is 6.11. The summed E-state index contributed by atoms with van der Waals surface area (Å²) in [5, 5.41) is 0.510. The van der Waals surface area contributed by atoms with E-state index < -0.39 is 0 Å². The number of ketones is 1. The molecule has 0 radical (unpaired) electrons. The minimum atomic E-state index is -0.166. The SMILES string of the molecule is CC(C)=O.CPC(C)(C)CCCC(C)CCOC(C)=O.c1ccccc1. The Morgan fingerprint density at radius 2 is 1.38 bits per heavy atom. The Hall–Kier alpha value is -1.21. The zero-order valence-corrected chi connectivity index (χ0v) is 18.8. The number of carbonyl (C=O) groups excluding carboxylic acids is 2. The van der Waals surface area contributed by atoms with Crippen LogP contribution in [0.5, 0.6) is 0 Å². The Morgan fingerprint density at radius 3 is 1.73 bits per heavy atom. The van der Waals surface area contributed by atoms with E-state index >= 15 is 0 Å². The van der Waals surface area contributed by atoms with E-state index in [1.807, 2.05) is 36.4 Å². The quantitative estimate of drug-likeness (QED) is 0.402. The summed E-state index contributed by atoms with van der Waals surface area (Å²) >= 11 is 0. The van der Waals surface area contributed by atoms with Crippen molar-refractivity contribution in [1.29, 1.82) is 0 Å². The maximum atomic E-state index is 10.6. The second-order valence-corrected chi connectivity index (χ2v) is 9.18. The average Bonchev–Trinajstić information content (AvgIpc) is 2.56. The molecule has 26 heavy (non-hydrogen) atoms. The van der Waals surface area contributed by atoms with Gasteiger partial charge in [0.2, 0.25) is 0 Å². The van der Waals surface area contributed by atoms with Gasteiger partial charge in [0, 0.05) is 6.92 Å². The molecule has 1 rings (SSSR count). The summed E-state index contributed by atoms with van der Waals surface area (Å²) in [5.74, 6) is 0.663. The van der Waals surface area contributed by atoms with Crippen LogP contribution >= 0.6 is 8.58 Å². The second kappa shape index (κ2) is 17.2. The zero-order valence-electron chi connectivity index (χ0n) is 17.8. The van der Waals surface area contributed by atoms with Crippen LogP contribution in [0.1, 0.15) is 67.2 Å². The third kappa shape index (κ3) is 25.0. The van der Waals surface area contributed by atoms with Crippen molar-refractivity contribution in [2.45, 2.75) is 72.4 Å². The number of benzene rings is 1. The normalized spacial score (nSPS) is 11.7.